The number of aliphatic hydroxyl groups is 1. The highest BCUT2D eigenvalue weighted by Crippen LogP contribution is 2.18. The molecule has 3 atom stereocenters. The average Bonchev–Trinajstić information content (AvgIpc) is 3.06. The summed E-state index contributed by atoms with van der Waals surface area (Å²) in [4.78, 5) is 30.7. The van der Waals surface area contributed by atoms with E-state index < -0.39 is 62.7 Å². The molecule has 0 spiro atoms. The number of rotatable bonds is 20. The Morgan fingerprint density at radius 2 is 1.56 bits per heavy atom. The molecule has 2 aromatic carbocycles. The van der Waals surface area contributed by atoms with Gasteiger partial charge in [0.2, 0.25) is 5.91 Å². The Morgan fingerprint density at radius 3 is 2.18 bits per heavy atom. The highest BCUT2D eigenvalue weighted by atomic mass is 35.5. The van der Waals surface area contributed by atoms with Crippen molar-refractivity contribution in [3.63, 3.8) is 0 Å². The molecule has 0 saturated heterocycles. The lowest BCUT2D eigenvalue weighted by Gasteiger charge is -2.28. The molecule has 2 amide bonds. The number of nitrogens with zero attached hydrogens (tertiary/aromatic N) is 1. The fourth-order valence-corrected chi connectivity index (χ4v) is 7.69. The van der Waals surface area contributed by atoms with Crippen molar-refractivity contribution in [1.82, 2.24) is 20.9 Å². The zero-order chi connectivity index (χ0) is 35.8. The maximum absolute atomic E-state index is 14.1. The Hall–Kier alpha value is -3.65. The first-order valence-electron chi connectivity index (χ1n) is 16.7. The lowest BCUT2D eigenvalue weighted by Crippen LogP contribution is -2.57. The van der Waals surface area contributed by atoms with Crippen LogP contribution in [0.25, 0.3) is 0 Å². The van der Waals surface area contributed by atoms with Crippen LogP contribution in [0.15, 0.2) is 67.0 Å². The van der Waals surface area contributed by atoms with E-state index in [0.29, 0.717) is 43.9 Å². The van der Waals surface area contributed by atoms with Crippen LogP contribution in [0.2, 0.25) is 0 Å². The number of aryl methyl sites for hydroxylation is 1. The van der Waals surface area contributed by atoms with Gasteiger partial charge in [0, 0.05) is 37.1 Å². The van der Waals surface area contributed by atoms with Gasteiger partial charge in [-0.05, 0) is 60.6 Å². The van der Waals surface area contributed by atoms with Gasteiger partial charge in [0.1, 0.15) is 24.3 Å². The second kappa shape index (κ2) is 21.5. The Balaban J connectivity index is 0.00000867. The quantitative estimate of drug-likeness (QED) is 0.124. The van der Waals surface area contributed by atoms with Gasteiger partial charge in [-0.3, -0.25) is 9.78 Å². The molecule has 0 radical (unpaired) electrons. The third-order valence-electron chi connectivity index (χ3n) is 8.08. The largest absolute Gasteiger partial charge is 0.445 e. The summed E-state index contributed by atoms with van der Waals surface area (Å²) in [6.45, 7) is 5.99. The van der Waals surface area contributed by atoms with Crippen LogP contribution >= 0.6 is 12.4 Å². The van der Waals surface area contributed by atoms with Crippen molar-refractivity contribution in [2.75, 3.05) is 12.3 Å². The number of benzene rings is 2. The number of carbonyl (C=O) groups excluding carboxylic acids is 2. The Labute approximate surface area is 300 Å². The van der Waals surface area contributed by atoms with Crippen LogP contribution in [0.4, 0.5) is 13.6 Å². The van der Waals surface area contributed by atoms with E-state index in [1.54, 1.807) is 18.3 Å². The van der Waals surface area contributed by atoms with Gasteiger partial charge in [0.15, 0.2) is 9.84 Å². The zero-order valence-electron chi connectivity index (χ0n) is 28.7. The van der Waals surface area contributed by atoms with E-state index in [-0.39, 0.29) is 37.5 Å². The molecular weight excluding hydrogens is 690 g/mol. The minimum absolute atomic E-state index is 0. The van der Waals surface area contributed by atoms with Crippen molar-refractivity contribution in [3.05, 3.63) is 101 Å². The summed E-state index contributed by atoms with van der Waals surface area (Å²) in [5.41, 5.74) is 2.87. The van der Waals surface area contributed by atoms with Crippen molar-refractivity contribution in [1.29, 1.82) is 0 Å². The Morgan fingerprint density at radius 1 is 0.900 bits per heavy atom. The van der Waals surface area contributed by atoms with Crippen LogP contribution in [-0.4, -0.2) is 66.2 Å². The minimum Gasteiger partial charge on any atom is -0.445 e. The molecule has 1 aromatic heterocycles. The fourth-order valence-electron chi connectivity index (χ4n) is 5.53. The number of carbonyl (C=O) groups is 2. The number of hydrogen-bond donors (Lipinski definition) is 4. The molecule has 0 bridgehead atoms. The molecule has 3 aromatic rings. The number of alkyl carbamates (subject to hydrolysis) is 1. The number of amides is 2. The van der Waals surface area contributed by atoms with Gasteiger partial charge < -0.3 is 25.8 Å². The van der Waals surface area contributed by atoms with Crippen molar-refractivity contribution >= 4 is 34.2 Å². The molecule has 1 heterocycles. The molecule has 276 valence electrons. The standard InChI is InChI=1S/C36H48F2N4O6S.ClH/c1-4-9-31(10-5-2)49(46,47)24-33(42-36(45)48-23-27-13-8-14-39-21-27)35(44)41-32(18-28-16-29(37)19-30(38)17-28)34(43)22-40-20-26-12-7-11-25(6-3)15-26;/h7-8,11-17,19,21,31-34,40,43H,4-6,9-10,18,20,22-24H2,1-3H3,(H,41,44)(H,42,45);1H/t32-,33-,34+;/m0./s1. The SMILES string of the molecule is CCCC(CCC)S(=O)(=O)C[C@H](NC(=O)OCc1cccnc1)C(=O)N[C@@H](Cc1cc(F)cc(F)c1)[C@H](O)CNCc1cccc(CC)c1.Cl. The molecule has 0 aliphatic carbocycles. The predicted octanol–water partition coefficient (Wildman–Crippen LogP) is 5.20. The maximum atomic E-state index is 14.1. The predicted molar refractivity (Wildman–Crippen MR) is 192 cm³/mol. The fraction of sp³-hybridized carbons (Fsp3) is 0.472. The molecule has 0 aliphatic heterocycles. The van der Waals surface area contributed by atoms with Crippen LogP contribution in [0, 0.1) is 11.6 Å². The van der Waals surface area contributed by atoms with Crippen molar-refractivity contribution < 1.29 is 36.6 Å². The van der Waals surface area contributed by atoms with Crippen LogP contribution < -0.4 is 16.0 Å². The van der Waals surface area contributed by atoms with E-state index in [9.17, 15) is 31.9 Å². The summed E-state index contributed by atoms with van der Waals surface area (Å²) in [5.74, 6) is -3.27. The molecule has 0 saturated carbocycles. The minimum atomic E-state index is -3.90. The smallest absolute Gasteiger partial charge is 0.408 e. The second-order valence-electron chi connectivity index (χ2n) is 12.1. The first-order valence-corrected chi connectivity index (χ1v) is 18.4. The molecule has 4 N–H and O–H groups in total. The first-order chi connectivity index (χ1) is 23.4. The summed E-state index contributed by atoms with van der Waals surface area (Å²) in [6, 6.07) is 11.4. The van der Waals surface area contributed by atoms with Crippen molar-refractivity contribution in [3.8, 4) is 0 Å². The summed E-state index contributed by atoms with van der Waals surface area (Å²) in [7, 11) is -3.90. The average molecular weight is 739 g/mol. The van der Waals surface area contributed by atoms with Gasteiger partial charge in [0.25, 0.3) is 0 Å². The van der Waals surface area contributed by atoms with Crippen LogP contribution in [-0.2, 0) is 45.4 Å². The number of nitrogens with one attached hydrogen (secondary N) is 3. The number of ether oxygens (including phenoxy) is 1. The number of aliphatic hydroxyl groups excluding tert-OH is 1. The molecule has 0 fully saturated rings. The third kappa shape index (κ3) is 14.3. The maximum Gasteiger partial charge on any atom is 0.408 e. The van der Waals surface area contributed by atoms with E-state index in [4.69, 9.17) is 4.74 Å². The van der Waals surface area contributed by atoms with Gasteiger partial charge in [-0.15, -0.1) is 12.4 Å². The van der Waals surface area contributed by atoms with E-state index in [2.05, 4.69) is 20.9 Å². The van der Waals surface area contributed by atoms with Crippen molar-refractivity contribution in [2.24, 2.45) is 0 Å². The van der Waals surface area contributed by atoms with Crippen LogP contribution in [0.5, 0.6) is 0 Å². The molecule has 14 heteroatoms. The summed E-state index contributed by atoms with van der Waals surface area (Å²) >= 11 is 0. The zero-order valence-corrected chi connectivity index (χ0v) is 30.4. The second-order valence-corrected chi connectivity index (χ2v) is 14.5. The van der Waals surface area contributed by atoms with Crippen LogP contribution in [0.3, 0.4) is 0 Å². The molecular formula is C36H49ClF2N4O6S. The molecule has 0 aliphatic rings. The van der Waals surface area contributed by atoms with Gasteiger partial charge in [-0.2, -0.15) is 0 Å². The van der Waals surface area contributed by atoms with Gasteiger partial charge >= 0.3 is 6.09 Å². The number of pyridine rings is 1. The molecule has 10 nitrogen and oxygen atoms in total. The number of hydrogen-bond acceptors (Lipinski definition) is 8. The summed E-state index contributed by atoms with van der Waals surface area (Å²) in [6.07, 6.45) is 3.41. The van der Waals surface area contributed by atoms with E-state index in [1.807, 2.05) is 45.0 Å². The Kier molecular flexibility index (Phi) is 18.3. The van der Waals surface area contributed by atoms with Gasteiger partial charge in [-0.25, -0.2) is 22.0 Å². The molecule has 0 unspecified atom stereocenters. The van der Waals surface area contributed by atoms with E-state index in [0.717, 1.165) is 29.7 Å². The summed E-state index contributed by atoms with van der Waals surface area (Å²) < 4.78 is 60.6. The highest BCUT2D eigenvalue weighted by molar-refractivity contribution is 7.92. The molecule has 50 heavy (non-hydrogen) atoms. The van der Waals surface area contributed by atoms with Gasteiger partial charge in [-0.1, -0.05) is 63.9 Å². The Bertz CT molecular complexity index is 1580. The monoisotopic (exact) mass is 738 g/mol. The lowest BCUT2D eigenvalue weighted by molar-refractivity contribution is -0.124. The third-order valence-corrected chi connectivity index (χ3v) is 10.4. The number of halogens is 3. The van der Waals surface area contributed by atoms with E-state index in [1.165, 1.54) is 6.20 Å². The van der Waals surface area contributed by atoms with Crippen molar-refractivity contribution in [2.45, 2.75) is 95.9 Å². The lowest BCUT2D eigenvalue weighted by atomic mass is 10.00. The van der Waals surface area contributed by atoms with Crippen LogP contribution in [0.1, 0.15) is 68.7 Å². The molecule has 3 rings (SSSR count). The highest BCUT2D eigenvalue weighted by Gasteiger charge is 2.34. The van der Waals surface area contributed by atoms with Gasteiger partial charge in [0.05, 0.1) is 23.1 Å². The summed E-state index contributed by atoms with van der Waals surface area (Å²) in [5, 5.41) is 18.7. The first kappa shape index (κ1) is 42.5. The number of sulfone groups is 1. The normalized spacial score (nSPS) is 13.2. The topological polar surface area (TPSA) is 147 Å². The van der Waals surface area contributed by atoms with E-state index >= 15 is 0 Å². The number of aromatic nitrogens is 1.